The number of alkyl halides is 6. The van der Waals surface area contributed by atoms with Crippen LogP contribution in [0.5, 0.6) is 17.4 Å². The van der Waals surface area contributed by atoms with Crippen molar-refractivity contribution in [2.45, 2.75) is 11.7 Å². The highest BCUT2D eigenvalue weighted by Crippen LogP contribution is 2.39. The summed E-state index contributed by atoms with van der Waals surface area (Å²) in [6.45, 7) is 0. The number of fused-ring (bicyclic) bond motifs is 1. The molecule has 0 aliphatic rings. The van der Waals surface area contributed by atoms with Crippen LogP contribution in [0.2, 0.25) is 0 Å². The van der Waals surface area contributed by atoms with Gasteiger partial charge in [0, 0.05) is 29.3 Å². The van der Waals surface area contributed by atoms with E-state index in [0.29, 0.717) is 11.6 Å². The Morgan fingerprint density at radius 1 is 0.829 bits per heavy atom. The molecule has 7 nitrogen and oxygen atoms in total. The molecule has 0 amide bonds. The van der Waals surface area contributed by atoms with E-state index in [1.807, 2.05) is 6.07 Å². The van der Waals surface area contributed by atoms with Crippen molar-refractivity contribution >= 4 is 21.0 Å². The first-order valence-corrected chi connectivity index (χ1v) is 10.8. The quantitative estimate of drug-likeness (QED) is 0.190. The Kier molecular flexibility index (Phi) is 6.00. The number of rotatable bonds is 5. The van der Waals surface area contributed by atoms with Crippen molar-refractivity contribution in [2.75, 3.05) is 0 Å². The van der Waals surface area contributed by atoms with E-state index in [1.165, 1.54) is 0 Å². The van der Waals surface area contributed by atoms with Gasteiger partial charge in [0.05, 0.1) is 16.8 Å². The molecule has 4 aromatic rings. The lowest BCUT2D eigenvalue weighted by atomic mass is 10.1. The summed E-state index contributed by atoms with van der Waals surface area (Å²) in [5.74, 6) is -1.07. The monoisotopic (exact) mass is 515 g/mol. The highest BCUT2D eigenvalue weighted by molar-refractivity contribution is 7.88. The standard InChI is InChI=1S/C21H11F6N3O4S/c22-20(23,24)13-4-6-15(18(8-13)34-35(31,32)21(25,26)27)17-10-19(30-11-29-17)33-14-5-3-12-2-1-7-28-16(12)9-14/h1-11H. The normalized spacial score (nSPS) is 12.5. The molecule has 2 aromatic heterocycles. The van der Waals surface area contributed by atoms with Gasteiger partial charge in [0.15, 0.2) is 5.75 Å². The number of hydrogen-bond acceptors (Lipinski definition) is 7. The molecule has 0 radical (unpaired) electrons. The molecular formula is C21H11F6N3O4S. The van der Waals surface area contributed by atoms with Gasteiger partial charge < -0.3 is 8.92 Å². The number of pyridine rings is 1. The second-order valence-corrected chi connectivity index (χ2v) is 8.43. The number of halogens is 6. The minimum atomic E-state index is -6.27. The lowest BCUT2D eigenvalue weighted by Gasteiger charge is -2.15. The van der Waals surface area contributed by atoms with E-state index in [9.17, 15) is 34.8 Å². The molecule has 4 rings (SSSR count). The van der Waals surface area contributed by atoms with Gasteiger partial charge in [0.1, 0.15) is 12.1 Å². The number of benzene rings is 2. The van der Waals surface area contributed by atoms with Crippen LogP contribution in [0, 0.1) is 0 Å². The molecule has 0 N–H and O–H groups in total. The van der Waals surface area contributed by atoms with Crippen molar-refractivity contribution in [1.82, 2.24) is 15.0 Å². The van der Waals surface area contributed by atoms with Gasteiger partial charge in [-0.15, -0.1) is 0 Å². The first-order chi connectivity index (χ1) is 16.3. The van der Waals surface area contributed by atoms with Gasteiger partial charge in [-0.2, -0.15) is 34.8 Å². The molecule has 0 spiro atoms. The van der Waals surface area contributed by atoms with Crippen LogP contribution in [-0.4, -0.2) is 28.9 Å². The Morgan fingerprint density at radius 3 is 2.31 bits per heavy atom. The van der Waals surface area contributed by atoms with Gasteiger partial charge >= 0.3 is 21.8 Å². The summed E-state index contributed by atoms with van der Waals surface area (Å²) in [5.41, 5.74) is -7.44. The summed E-state index contributed by atoms with van der Waals surface area (Å²) in [4.78, 5) is 11.8. The first kappa shape index (κ1) is 24.2. The van der Waals surface area contributed by atoms with Gasteiger partial charge in [-0.1, -0.05) is 6.07 Å². The fraction of sp³-hybridized carbons (Fsp3) is 0.0952. The Balaban J connectivity index is 1.74. The van der Waals surface area contributed by atoms with Crippen LogP contribution < -0.4 is 8.92 Å². The maximum atomic E-state index is 13.1. The van der Waals surface area contributed by atoms with E-state index in [2.05, 4.69) is 19.1 Å². The molecule has 0 aliphatic carbocycles. The van der Waals surface area contributed by atoms with Crippen LogP contribution in [-0.2, 0) is 16.3 Å². The molecule has 182 valence electrons. The van der Waals surface area contributed by atoms with Crippen molar-refractivity contribution in [3.8, 4) is 28.6 Å². The molecule has 0 fully saturated rings. The van der Waals surface area contributed by atoms with Gasteiger partial charge in [-0.3, -0.25) is 4.98 Å². The summed E-state index contributed by atoms with van der Waals surface area (Å²) in [5, 5.41) is 0.820. The maximum absolute atomic E-state index is 13.1. The minimum absolute atomic E-state index is 0.130. The lowest BCUT2D eigenvalue weighted by Crippen LogP contribution is -2.28. The Morgan fingerprint density at radius 2 is 1.60 bits per heavy atom. The fourth-order valence-electron chi connectivity index (χ4n) is 2.92. The van der Waals surface area contributed by atoms with E-state index in [-0.39, 0.29) is 23.4 Å². The van der Waals surface area contributed by atoms with Crippen LogP contribution in [0.3, 0.4) is 0 Å². The van der Waals surface area contributed by atoms with Crippen molar-refractivity contribution in [3.05, 3.63) is 72.7 Å². The third-order valence-corrected chi connectivity index (χ3v) is 5.48. The van der Waals surface area contributed by atoms with E-state index in [1.54, 1.807) is 30.5 Å². The third kappa shape index (κ3) is 5.26. The van der Waals surface area contributed by atoms with E-state index in [4.69, 9.17) is 4.74 Å². The third-order valence-electron chi connectivity index (χ3n) is 4.51. The minimum Gasteiger partial charge on any atom is -0.439 e. The van der Waals surface area contributed by atoms with Crippen LogP contribution in [0.25, 0.3) is 22.2 Å². The molecule has 2 aromatic carbocycles. The fourth-order valence-corrected chi connectivity index (χ4v) is 3.39. The predicted molar refractivity (Wildman–Crippen MR) is 110 cm³/mol. The Hall–Kier alpha value is -3.94. The largest absolute Gasteiger partial charge is 0.534 e. The number of nitrogens with zero attached hydrogens (tertiary/aromatic N) is 3. The van der Waals surface area contributed by atoms with Crippen molar-refractivity contribution in [1.29, 1.82) is 0 Å². The van der Waals surface area contributed by atoms with Gasteiger partial charge in [0.25, 0.3) is 0 Å². The maximum Gasteiger partial charge on any atom is 0.534 e. The van der Waals surface area contributed by atoms with E-state index < -0.39 is 38.7 Å². The van der Waals surface area contributed by atoms with E-state index >= 15 is 0 Å². The second kappa shape index (κ2) is 8.69. The molecule has 0 unspecified atom stereocenters. The van der Waals surface area contributed by atoms with Gasteiger partial charge in [-0.25, -0.2) is 9.97 Å². The molecule has 0 saturated carbocycles. The van der Waals surface area contributed by atoms with Crippen molar-refractivity contribution < 1.29 is 43.7 Å². The smallest absolute Gasteiger partial charge is 0.439 e. The molecule has 2 heterocycles. The van der Waals surface area contributed by atoms with Crippen LogP contribution >= 0.6 is 0 Å². The Bertz CT molecular complexity index is 1510. The number of ether oxygens (including phenoxy) is 1. The van der Waals surface area contributed by atoms with Gasteiger partial charge in [-0.05, 0) is 36.4 Å². The Labute approximate surface area is 193 Å². The van der Waals surface area contributed by atoms with Crippen LogP contribution in [0.4, 0.5) is 26.3 Å². The number of aromatic nitrogens is 3. The first-order valence-electron chi connectivity index (χ1n) is 9.40. The molecule has 0 bridgehead atoms. The summed E-state index contributed by atoms with van der Waals surface area (Å²) >= 11 is 0. The second-order valence-electron chi connectivity index (χ2n) is 6.89. The SMILES string of the molecule is O=S(=O)(Oc1cc(C(F)(F)F)ccc1-c1cc(Oc2ccc3cccnc3c2)ncn1)C(F)(F)F. The van der Waals surface area contributed by atoms with Gasteiger partial charge in [0.2, 0.25) is 5.88 Å². The molecule has 0 atom stereocenters. The lowest BCUT2D eigenvalue weighted by molar-refractivity contribution is -0.137. The highest BCUT2D eigenvalue weighted by atomic mass is 32.2. The molecular weight excluding hydrogens is 504 g/mol. The van der Waals surface area contributed by atoms with Crippen molar-refractivity contribution in [2.24, 2.45) is 0 Å². The predicted octanol–water partition coefficient (Wildman–Crippen LogP) is 5.73. The van der Waals surface area contributed by atoms with Crippen LogP contribution in [0.15, 0.2) is 67.1 Å². The zero-order valence-electron chi connectivity index (χ0n) is 17.0. The zero-order valence-corrected chi connectivity index (χ0v) is 17.8. The summed E-state index contributed by atoms with van der Waals surface area (Å²) in [7, 11) is -6.27. The average molecular weight is 515 g/mol. The van der Waals surface area contributed by atoms with Crippen LogP contribution in [0.1, 0.15) is 5.56 Å². The summed E-state index contributed by atoms with van der Waals surface area (Å²) in [6.07, 6.45) is -2.48. The highest BCUT2D eigenvalue weighted by Gasteiger charge is 2.49. The summed E-state index contributed by atoms with van der Waals surface area (Å²) < 4.78 is 110. The molecule has 0 aliphatic heterocycles. The number of hydrogen-bond donors (Lipinski definition) is 0. The molecule has 35 heavy (non-hydrogen) atoms. The topological polar surface area (TPSA) is 91.3 Å². The average Bonchev–Trinajstić information content (AvgIpc) is 2.77. The van der Waals surface area contributed by atoms with Crippen molar-refractivity contribution in [3.63, 3.8) is 0 Å². The summed E-state index contributed by atoms with van der Waals surface area (Å²) in [6, 6.07) is 10.9. The van der Waals surface area contributed by atoms with E-state index in [0.717, 1.165) is 23.8 Å². The molecule has 14 heteroatoms. The molecule has 0 saturated heterocycles. The zero-order chi connectivity index (χ0) is 25.4.